The molecule has 0 spiro atoms. The lowest BCUT2D eigenvalue weighted by molar-refractivity contribution is 0.108. The van der Waals surface area contributed by atoms with Crippen LogP contribution < -0.4 is 9.62 Å². The number of carbonyl (C=O) groups is 1. The van der Waals surface area contributed by atoms with Crippen molar-refractivity contribution in [3.05, 3.63) is 48.0 Å². The first-order valence-electron chi connectivity index (χ1n) is 12.5. The molecule has 36 heavy (non-hydrogen) atoms. The van der Waals surface area contributed by atoms with Crippen LogP contribution in [0.1, 0.15) is 50.6 Å². The van der Waals surface area contributed by atoms with Gasteiger partial charge in [-0.05, 0) is 80.8 Å². The number of aromatic nitrogens is 1. The van der Waals surface area contributed by atoms with Crippen molar-refractivity contribution in [3.8, 4) is 17.3 Å². The molecule has 8 nitrogen and oxygen atoms in total. The fourth-order valence-electron chi connectivity index (χ4n) is 5.19. The molecule has 3 aromatic rings. The Labute approximate surface area is 210 Å². The van der Waals surface area contributed by atoms with Crippen LogP contribution in [0.3, 0.4) is 0 Å². The zero-order valence-corrected chi connectivity index (χ0v) is 20.9. The Balaban J connectivity index is 1.36. The van der Waals surface area contributed by atoms with Gasteiger partial charge in [-0.25, -0.2) is 13.2 Å². The maximum atomic E-state index is 12.3. The summed E-state index contributed by atoms with van der Waals surface area (Å²) in [4.78, 5) is 12.3. The number of ether oxygens (including phenoxy) is 1. The van der Waals surface area contributed by atoms with Crippen molar-refractivity contribution in [2.75, 3.05) is 21.9 Å². The van der Waals surface area contributed by atoms with Gasteiger partial charge in [0.25, 0.3) is 0 Å². The number of rotatable bonds is 6. The van der Waals surface area contributed by atoms with Gasteiger partial charge in [0.05, 0.1) is 28.2 Å². The smallest absolute Gasteiger partial charge is 0.411 e. The van der Waals surface area contributed by atoms with Crippen molar-refractivity contribution in [2.24, 2.45) is 5.92 Å². The predicted octanol–water partition coefficient (Wildman–Crippen LogP) is 5.40. The quantitative estimate of drug-likeness (QED) is 0.484. The van der Waals surface area contributed by atoms with Crippen LogP contribution in [0.5, 0.6) is 0 Å². The SMILES string of the molecule is C[C@@H](OC(=O)Nc1ccc(-c2c(C#N)c3ccc(N4CCS4(=O)=O)cc3n2C2CCC2)cc1)C1CC1. The molecule has 1 atom stereocenters. The van der Waals surface area contributed by atoms with Gasteiger partial charge in [-0.3, -0.25) is 9.62 Å². The topological polar surface area (TPSA) is 104 Å². The standard InChI is InChI=1S/C27H28N4O4S/c1-17(18-5-6-18)35-27(32)29-20-9-7-19(8-10-20)26-24(16-28)23-12-11-22(30-13-14-36(30,33)34)15-25(23)31(26)21-3-2-4-21/h7-12,15,17-18,21H,2-6,13-14H2,1H3,(H,29,32)/t17-/m1/s1. The number of nitrogens with zero attached hydrogens (tertiary/aromatic N) is 3. The second-order valence-corrected chi connectivity index (χ2v) is 12.0. The summed E-state index contributed by atoms with van der Waals surface area (Å²) in [6, 6.07) is 15.7. The molecular weight excluding hydrogens is 476 g/mol. The fourth-order valence-corrected chi connectivity index (χ4v) is 6.28. The molecule has 6 rings (SSSR count). The Hall–Kier alpha value is -3.51. The fraction of sp³-hybridized carbons (Fsp3) is 0.407. The van der Waals surface area contributed by atoms with Crippen LogP contribution in [0.15, 0.2) is 42.5 Å². The highest BCUT2D eigenvalue weighted by atomic mass is 32.2. The first kappa shape index (κ1) is 22.9. The molecule has 3 fully saturated rings. The number of nitriles is 1. The third kappa shape index (κ3) is 3.90. The molecule has 1 amide bonds. The van der Waals surface area contributed by atoms with E-state index in [9.17, 15) is 18.5 Å². The highest BCUT2D eigenvalue weighted by Crippen LogP contribution is 2.44. The van der Waals surface area contributed by atoms with E-state index in [1.807, 2.05) is 43.3 Å². The van der Waals surface area contributed by atoms with Gasteiger partial charge in [-0.15, -0.1) is 0 Å². The highest BCUT2D eigenvalue weighted by molar-refractivity contribution is 7.94. The van der Waals surface area contributed by atoms with E-state index < -0.39 is 16.1 Å². The molecule has 1 saturated heterocycles. The van der Waals surface area contributed by atoms with Crippen LogP contribution in [0.4, 0.5) is 16.2 Å². The van der Waals surface area contributed by atoms with Crippen LogP contribution in [-0.2, 0) is 14.8 Å². The molecule has 1 N–H and O–H groups in total. The predicted molar refractivity (Wildman–Crippen MR) is 138 cm³/mol. The van der Waals surface area contributed by atoms with Crippen LogP contribution in [0, 0.1) is 17.2 Å². The number of amides is 1. The van der Waals surface area contributed by atoms with Crippen LogP contribution in [0.25, 0.3) is 22.2 Å². The van der Waals surface area contributed by atoms with Gasteiger partial charge in [0.2, 0.25) is 10.0 Å². The first-order chi connectivity index (χ1) is 17.4. The molecule has 2 heterocycles. The minimum Gasteiger partial charge on any atom is -0.446 e. The molecule has 1 aromatic heterocycles. The summed E-state index contributed by atoms with van der Waals surface area (Å²) < 4.78 is 33.5. The van der Waals surface area contributed by atoms with E-state index in [0.717, 1.165) is 54.3 Å². The number of benzene rings is 2. The molecule has 186 valence electrons. The number of hydrogen-bond donors (Lipinski definition) is 1. The second-order valence-electron chi connectivity index (χ2n) is 10.0. The van der Waals surface area contributed by atoms with E-state index >= 15 is 0 Å². The molecule has 2 saturated carbocycles. The summed E-state index contributed by atoms with van der Waals surface area (Å²) in [5.41, 5.74) is 4.43. The summed E-state index contributed by atoms with van der Waals surface area (Å²) >= 11 is 0. The van der Waals surface area contributed by atoms with Crippen LogP contribution in [-0.4, -0.2) is 37.5 Å². The average molecular weight is 505 g/mol. The second kappa shape index (κ2) is 8.56. The third-order valence-electron chi connectivity index (χ3n) is 7.70. The van der Waals surface area contributed by atoms with Crippen LogP contribution in [0.2, 0.25) is 0 Å². The first-order valence-corrected chi connectivity index (χ1v) is 14.1. The minimum absolute atomic E-state index is 0.0863. The van der Waals surface area contributed by atoms with Gasteiger partial charge in [0.15, 0.2) is 0 Å². The monoisotopic (exact) mass is 504 g/mol. The van der Waals surface area contributed by atoms with E-state index in [1.165, 1.54) is 4.31 Å². The summed E-state index contributed by atoms with van der Waals surface area (Å²) in [5, 5.41) is 13.8. The van der Waals surface area contributed by atoms with Crippen molar-refractivity contribution in [1.82, 2.24) is 4.57 Å². The highest BCUT2D eigenvalue weighted by Gasteiger charge is 2.34. The number of carbonyl (C=O) groups excluding carboxylic acids is 1. The molecule has 0 bridgehead atoms. The number of anilines is 2. The van der Waals surface area contributed by atoms with Gasteiger partial charge in [0.1, 0.15) is 12.2 Å². The average Bonchev–Trinajstić information content (AvgIpc) is 3.62. The third-order valence-corrected chi connectivity index (χ3v) is 9.46. The van der Waals surface area contributed by atoms with Gasteiger partial charge < -0.3 is 9.30 Å². The summed E-state index contributed by atoms with van der Waals surface area (Å²) in [5.74, 6) is 0.634. The Morgan fingerprint density at radius 2 is 1.89 bits per heavy atom. The van der Waals surface area contributed by atoms with E-state index in [1.54, 1.807) is 6.07 Å². The van der Waals surface area contributed by atoms with E-state index in [2.05, 4.69) is 16.0 Å². The van der Waals surface area contributed by atoms with E-state index in [0.29, 0.717) is 29.4 Å². The minimum atomic E-state index is -3.24. The molecule has 1 aliphatic heterocycles. The molecule has 2 aliphatic carbocycles. The summed E-state index contributed by atoms with van der Waals surface area (Å²) in [6.07, 6.45) is 4.81. The maximum absolute atomic E-state index is 12.3. The zero-order valence-electron chi connectivity index (χ0n) is 20.1. The van der Waals surface area contributed by atoms with E-state index in [4.69, 9.17) is 4.74 Å². The summed E-state index contributed by atoms with van der Waals surface area (Å²) in [7, 11) is -3.24. The van der Waals surface area contributed by atoms with Crippen LogP contribution >= 0.6 is 0 Å². The largest absolute Gasteiger partial charge is 0.446 e. The number of nitrogens with one attached hydrogen (secondary N) is 1. The molecule has 0 radical (unpaired) electrons. The lowest BCUT2D eigenvalue weighted by atomic mass is 9.92. The van der Waals surface area contributed by atoms with Crippen molar-refractivity contribution in [3.63, 3.8) is 0 Å². The van der Waals surface area contributed by atoms with Gasteiger partial charge in [0, 0.05) is 23.7 Å². The van der Waals surface area contributed by atoms with E-state index in [-0.39, 0.29) is 17.9 Å². The summed E-state index contributed by atoms with van der Waals surface area (Å²) in [6.45, 7) is 2.40. The van der Waals surface area contributed by atoms with Gasteiger partial charge in [-0.2, -0.15) is 5.26 Å². The zero-order chi connectivity index (χ0) is 25.0. The Morgan fingerprint density at radius 3 is 2.44 bits per heavy atom. The van der Waals surface area contributed by atoms with Crippen molar-refractivity contribution in [2.45, 2.75) is 51.2 Å². The van der Waals surface area contributed by atoms with Gasteiger partial charge in [-0.1, -0.05) is 12.1 Å². The Bertz CT molecular complexity index is 1500. The normalized spacial score (nSPS) is 19.7. The number of hydrogen-bond acceptors (Lipinski definition) is 5. The molecular formula is C27H28N4O4S. The Morgan fingerprint density at radius 1 is 1.14 bits per heavy atom. The Kier molecular flexibility index (Phi) is 5.45. The van der Waals surface area contributed by atoms with Crippen molar-refractivity contribution in [1.29, 1.82) is 5.26 Å². The lowest BCUT2D eigenvalue weighted by Crippen LogP contribution is -2.47. The van der Waals surface area contributed by atoms with Crippen molar-refractivity contribution < 1.29 is 17.9 Å². The van der Waals surface area contributed by atoms with Gasteiger partial charge >= 0.3 is 6.09 Å². The molecule has 2 aromatic carbocycles. The molecule has 3 aliphatic rings. The van der Waals surface area contributed by atoms with Crippen molar-refractivity contribution >= 4 is 38.4 Å². The molecule has 0 unspecified atom stereocenters. The molecule has 9 heteroatoms. The number of sulfonamides is 1. The lowest BCUT2D eigenvalue weighted by Gasteiger charge is -2.33. The number of fused-ring (bicyclic) bond motifs is 1. The maximum Gasteiger partial charge on any atom is 0.411 e.